The fourth-order valence-electron chi connectivity index (χ4n) is 3.92. The van der Waals surface area contributed by atoms with Crippen molar-refractivity contribution in [2.75, 3.05) is 31.5 Å². The number of likely N-dealkylation sites (tertiary alicyclic amines) is 1. The molecule has 0 saturated carbocycles. The Kier molecular flexibility index (Phi) is 6.55. The number of nitrogens with one attached hydrogen (secondary N) is 1. The minimum Gasteiger partial charge on any atom is -0.325 e. The number of sulfonamides is 1. The number of benzene rings is 1. The SMILES string of the molecule is Cc1ccc(S(=O)(=O)N2CCCCC2)cc1NC(=O)CN1CCCCC1C. The van der Waals surface area contributed by atoms with Gasteiger partial charge in [0.25, 0.3) is 0 Å². The standard InChI is InChI=1S/C20H31N3O3S/c1-16-9-10-18(27(25,26)23-12-5-3-6-13-23)14-19(16)21-20(24)15-22-11-7-4-8-17(22)2/h9-10,14,17H,3-8,11-13,15H2,1-2H3,(H,21,24). The quantitative estimate of drug-likeness (QED) is 0.835. The van der Waals surface area contributed by atoms with Gasteiger partial charge in [0, 0.05) is 24.8 Å². The van der Waals surface area contributed by atoms with Gasteiger partial charge in [-0.05, 0) is 63.8 Å². The van der Waals surface area contributed by atoms with Gasteiger partial charge in [0.2, 0.25) is 15.9 Å². The average Bonchev–Trinajstić information content (AvgIpc) is 2.66. The smallest absolute Gasteiger partial charge is 0.243 e. The van der Waals surface area contributed by atoms with Crippen molar-refractivity contribution in [3.8, 4) is 0 Å². The van der Waals surface area contributed by atoms with E-state index in [1.165, 1.54) is 6.42 Å². The molecule has 7 heteroatoms. The summed E-state index contributed by atoms with van der Waals surface area (Å²) in [6.45, 7) is 6.48. The Morgan fingerprint density at radius 3 is 2.52 bits per heavy atom. The lowest BCUT2D eigenvalue weighted by molar-refractivity contribution is -0.118. The number of amides is 1. The Balaban J connectivity index is 1.72. The maximum atomic E-state index is 12.9. The summed E-state index contributed by atoms with van der Waals surface area (Å²) in [5.74, 6) is -0.0839. The first-order chi connectivity index (χ1) is 12.9. The third-order valence-corrected chi connectivity index (χ3v) is 7.62. The van der Waals surface area contributed by atoms with Crippen LogP contribution in [-0.4, -0.2) is 55.8 Å². The van der Waals surface area contributed by atoms with Crippen LogP contribution in [0, 0.1) is 6.92 Å². The first-order valence-corrected chi connectivity index (χ1v) is 11.5. The number of hydrogen-bond acceptors (Lipinski definition) is 4. The lowest BCUT2D eigenvalue weighted by Crippen LogP contribution is -2.42. The molecule has 1 atom stereocenters. The van der Waals surface area contributed by atoms with Crippen molar-refractivity contribution < 1.29 is 13.2 Å². The fraction of sp³-hybridized carbons (Fsp3) is 0.650. The zero-order valence-corrected chi connectivity index (χ0v) is 17.2. The third-order valence-electron chi connectivity index (χ3n) is 5.72. The number of carbonyl (C=O) groups is 1. The predicted molar refractivity (Wildman–Crippen MR) is 107 cm³/mol. The van der Waals surface area contributed by atoms with Crippen LogP contribution in [0.15, 0.2) is 23.1 Å². The third kappa shape index (κ3) is 4.89. The van der Waals surface area contributed by atoms with Gasteiger partial charge >= 0.3 is 0 Å². The number of hydrogen-bond donors (Lipinski definition) is 1. The minimum atomic E-state index is -3.50. The summed E-state index contributed by atoms with van der Waals surface area (Å²) in [6, 6.07) is 5.44. The van der Waals surface area contributed by atoms with Gasteiger partial charge in [0.1, 0.15) is 0 Å². The average molecular weight is 394 g/mol. The van der Waals surface area contributed by atoms with Gasteiger partial charge in [-0.3, -0.25) is 9.69 Å². The van der Waals surface area contributed by atoms with Gasteiger partial charge in [0.15, 0.2) is 0 Å². The molecule has 0 spiro atoms. The minimum absolute atomic E-state index is 0.0839. The van der Waals surface area contributed by atoms with Crippen molar-refractivity contribution in [3.63, 3.8) is 0 Å². The highest BCUT2D eigenvalue weighted by Crippen LogP contribution is 2.25. The van der Waals surface area contributed by atoms with E-state index in [0.717, 1.165) is 44.2 Å². The second-order valence-electron chi connectivity index (χ2n) is 7.80. The van der Waals surface area contributed by atoms with Crippen molar-refractivity contribution in [2.24, 2.45) is 0 Å². The number of carbonyl (C=O) groups excluding carboxylic acids is 1. The Hall–Kier alpha value is -1.44. The molecule has 0 aliphatic carbocycles. The van der Waals surface area contributed by atoms with Crippen LogP contribution < -0.4 is 5.32 Å². The molecule has 0 aromatic heterocycles. The van der Waals surface area contributed by atoms with Crippen LogP contribution in [0.2, 0.25) is 0 Å². The molecule has 1 N–H and O–H groups in total. The normalized spacial score (nSPS) is 22.5. The molecular weight excluding hydrogens is 362 g/mol. The first-order valence-electron chi connectivity index (χ1n) is 10.0. The van der Waals surface area contributed by atoms with Crippen molar-refractivity contribution in [3.05, 3.63) is 23.8 Å². The van der Waals surface area contributed by atoms with Gasteiger partial charge in [-0.25, -0.2) is 8.42 Å². The topological polar surface area (TPSA) is 69.7 Å². The molecule has 1 unspecified atom stereocenters. The highest BCUT2D eigenvalue weighted by molar-refractivity contribution is 7.89. The van der Waals surface area contributed by atoms with E-state index in [-0.39, 0.29) is 10.8 Å². The Morgan fingerprint density at radius 2 is 1.81 bits per heavy atom. The van der Waals surface area contributed by atoms with Crippen molar-refractivity contribution >= 4 is 21.6 Å². The van der Waals surface area contributed by atoms with E-state index in [1.807, 2.05) is 6.92 Å². The van der Waals surface area contributed by atoms with Crippen LogP contribution in [0.3, 0.4) is 0 Å². The Bertz CT molecular complexity index is 773. The number of aryl methyl sites for hydroxylation is 1. The molecule has 6 nitrogen and oxygen atoms in total. The molecule has 27 heavy (non-hydrogen) atoms. The fourth-order valence-corrected chi connectivity index (χ4v) is 5.46. The maximum Gasteiger partial charge on any atom is 0.243 e. The Labute approximate surface area is 163 Å². The van der Waals surface area contributed by atoms with Gasteiger partial charge < -0.3 is 5.32 Å². The van der Waals surface area contributed by atoms with Crippen LogP contribution in [0.1, 0.15) is 51.0 Å². The molecule has 2 heterocycles. The second kappa shape index (κ2) is 8.71. The van der Waals surface area contributed by atoms with E-state index in [0.29, 0.717) is 31.4 Å². The van der Waals surface area contributed by atoms with E-state index < -0.39 is 10.0 Å². The number of piperidine rings is 2. The molecular formula is C20H31N3O3S. The summed E-state index contributed by atoms with van der Waals surface area (Å²) in [7, 11) is -3.50. The molecule has 0 bridgehead atoms. The van der Waals surface area contributed by atoms with E-state index in [2.05, 4.69) is 17.1 Å². The van der Waals surface area contributed by atoms with Crippen LogP contribution in [0.5, 0.6) is 0 Å². The van der Waals surface area contributed by atoms with Crippen LogP contribution in [0.25, 0.3) is 0 Å². The van der Waals surface area contributed by atoms with E-state index in [4.69, 9.17) is 0 Å². The Morgan fingerprint density at radius 1 is 1.11 bits per heavy atom. The zero-order valence-electron chi connectivity index (χ0n) is 16.4. The molecule has 150 valence electrons. The molecule has 2 aliphatic heterocycles. The van der Waals surface area contributed by atoms with E-state index >= 15 is 0 Å². The molecule has 1 aromatic rings. The molecule has 2 fully saturated rings. The maximum absolute atomic E-state index is 12.9. The lowest BCUT2D eigenvalue weighted by Gasteiger charge is -2.32. The van der Waals surface area contributed by atoms with Crippen LogP contribution >= 0.6 is 0 Å². The summed E-state index contributed by atoms with van der Waals surface area (Å²) in [4.78, 5) is 15.0. The molecule has 1 aromatic carbocycles. The zero-order chi connectivity index (χ0) is 19.4. The first kappa shape index (κ1) is 20.3. The van der Waals surface area contributed by atoms with E-state index in [1.54, 1.807) is 22.5 Å². The van der Waals surface area contributed by atoms with Crippen molar-refractivity contribution in [1.29, 1.82) is 0 Å². The summed E-state index contributed by atoms with van der Waals surface area (Å²) in [5.41, 5.74) is 1.45. The number of rotatable bonds is 5. The summed E-state index contributed by atoms with van der Waals surface area (Å²) < 4.78 is 27.4. The van der Waals surface area contributed by atoms with Gasteiger partial charge in [-0.15, -0.1) is 0 Å². The highest BCUT2D eigenvalue weighted by Gasteiger charge is 2.27. The van der Waals surface area contributed by atoms with Gasteiger partial charge in [-0.1, -0.05) is 18.9 Å². The summed E-state index contributed by atoms with van der Waals surface area (Å²) in [5, 5.41) is 2.93. The summed E-state index contributed by atoms with van der Waals surface area (Å²) in [6.07, 6.45) is 6.35. The molecule has 2 aliphatic rings. The molecule has 3 rings (SSSR count). The largest absolute Gasteiger partial charge is 0.325 e. The summed E-state index contributed by atoms with van der Waals surface area (Å²) >= 11 is 0. The second-order valence-corrected chi connectivity index (χ2v) is 9.74. The predicted octanol–water partition coefficient (Wildman–Crippen LogP) is 2.98. The number of anilines is 1. The van der Waals surface area contributed by atoms with E-state index in [9.17, 15) is 13.2 Å². The van der Waals surface area contributed by atoms with Gasteiger partial charge in [-0.2, -0.15) is 4.31 Å². The lowest BCUT2D eigenvalue weighted by atomic mass is 10.0. The number of nitrogens with zero attached hydrogens (tertiary/aromatic N) is 2. The molecule has 1 amide bonds. The van der Waals surface area contributed by atoms with Crippen LogP contribution in [-0.2, 0) is 14.8 Å². The van der Waals surface area contributed by atoms with Crippen molar-refractivity contribution in [1.82, 2.24) is 9.21 Å². The monoisotopic (exact) mass is 393 g/mol. The molecule has 0 radical (unpaired) electrons. The van der Waals surface area contributed by atoms with Crippen LogP contribution in [0.4, 0.5) is 5.69 Å². The van der Waals surface area contributed by atoms with Gasteiger partial charge in [0.05, 0.1) is 11.4 Å². The highest BCUT2D eigenvalue weighted by atomic mass is 32.2. The van der Waals surface area contributed by atoms with Crippen molar-refractivity contribution in [2.45, 2.75) is 63.3 Å². The molecule has 2 saturated heterocycles.